The van der Waals surface area contributed by atoms with Crippen LogP contribution in [0.5, 0.6) is 5.75 Å². The molecule has 1 aromatic rings. The third kappa shape index (κ3) is 4.98. The van der Waals surface area contributed by atoms with Gasteiger partial charge in [0.1, 0.15) is 5.75 Å². The topological polar surface area (TPSA) is 60.5 Å². The van der Waals surface area contributed by atoms with Crippen molar-refractivity contribution in [2.24, 2.45) is 5.92 Å². The van der Waals surface area contributed by atoms with Crippen molar-refractivity contribution in [1.29, 1.82) is 0 Å². The van der Waals surface area contributed by atoms with Crippen LogP contribution in [0.2, 0.25) is 0 Å². The minimum absolute atomic E-state index is 0.0581. The van der Waals surface area contributed by atoms with Gasteiger partial charge in [-0.25, -0.2) is 0 Å². The standard InChI is InChI=1S/C17H26N2O3/c1-13-6-3-4-7-15(13)22-11-10-19-17(20)12-14-16(21-2)8-5-9-18-14/h5,8-9,13,15H,3-4,6-7,10-12H2,1-2H3,(H,19,20)/t13-,15+/m0/s1. The number of nitrogens with one attached hydrogen (secondary N) is 1. The van der Waals surface area contributed by atoms with Gasteiger partial charge in [-0.1, -0.05) is 19.8 Å². The zero-order valence-corrected chi connectivity index (χ0v) is 13.5. The van der Waals surface area contributed by atoms with Crippen molar-refractivity contribution in [1.82, 2.24) is 10.3 Å². The number of hydrogen-bond acceptors (Lipinski definition) is 4. The molecule has 0 radical (unpaired) electrons. The molecule has 0 unspecified atom stereocenters. The van der Waals surface area contributed by atoms with E-state index < -0.39 is 0 Å². The van der Waals surface area contributed by atoms with Crippen LogP contribution < -0.4 is 10.1 Å². The molecule has 0 aliphatic heterocycles. The van der Waals surface area contributed by atoms with Crippen LogP contribution in [-0.4, -0.2) is 37.3 Å². The molecule has 1 aliphatic rings. The summed E-state index contributed by atoms with van der Waals surface area (Å²) in [5.41, 5.74) is 0.657. The zero-order valence-electron chi connectivity index (χ0n) is 13.5. The van der Waals surface area contributed by atoms with E-state index in [1.807, 2.05) is 6.07 Å². The van der Waals surface area contributed by atoms with Gasteiger partial charge < -0.3 is 14.8 Å². The lowest BCUT2D eigenvalue weighted by atomic mass is 9.88. The van der Waals surface area contributed by atoms with Crippen LogP contribution in [-0.2, 0) is 16.0 Å². The zero-order chi connectivity index (χ0) is 15.8. The third-order valence-electron chi connectivity index (χ3n) is 4.19. The van der Waals surface area contributed by atoms with Gasteiger partial charge in [0.15, 0.2) is 0 Å². The summed E-state index contributed by atoms with van der Waals surface area (Å²) in [7, 11) is 1.58. The monoisotopic (exact) mass is 306 g/mol. The quantitative estimate of drug-likeness (QED) is 0.786. The molecule has 0 bridgehead atoms. The summed E-state index contributed by atoms with van der Waals surface area (Å²) in [4.78, 5) is 16.1. The van der Waals surface area contributed by atoms with E-state index in [1.165, 1.54) is 19.3 Å². The first-order chi connectivity index (χ1) is 10.7. The van der Waals surface area contributed by atoms with E-state index >= 15 is 0 Å². The van der Waals surface area contributed by atoms with E-state index in [0.717, 1.165) is 6.42 Å². The number of methoxy groups -OCH3 is 1. The average molecular weight is 306 g/mol. The van der Waals surface area contributed by atoms with Gasteiger partial charge in [0.25, 0.3) is 0 Å². The Balaban J connectivity index is 1.67. The van der Waals surface area contributed by atoms with Gasteiger partial charge in [-0.3, -0.25) is 9.78 Å². The molecule has 122 valence electrons. The lowest BCUT2D eigenvalue weighted by Crippen LogP contribution is -2.32. The maximum absolute atomic E-state index is 11.9. The van der Waals surface area contributed by atoms with Crippen LogP contribution in [0.15, 0.2) is 18.3 Å². The maximum Gasteiger partial charge on any atom is 0.226 e. The summed E-state index contributed by atoms with van der Waals surface area (Å²) in [6, 6.07) is 3.60. The van der Waals surface area contributed by atoms with Crippen LogP contribution in [0, 0.1) is 5.92 Å². The molecule has 0 saturated heterocycles. The molecule has 1 aliphatic carbocycles. The SMILES string of the molecule is COc1cccnc1CC(=O)NCCO[C@@H]1CCCC[C@@H]1C. The van der Waals surface area contributed by atoms with Gasteiger partial charge in [0, 0.05) is 12.7 Å². The summed E-state index contributed by atoms with van der Waals surface area (Å²) in [5.74, 6) is 1.21. The second-order valence-electron chi connectivity index (χ2n) is 5.85. The number of aromatic nitrogens is 1. The maximum atomic E-state index is 11.9. The van der Waals surface area contributed by atoms with Gasteiger partial charge in [-0.2, -0.15) is 0 Å². The predicted octanol–water partition coefficient (Wildman–Crippen LogP) is 2.34. The second-order valence-corrected chi connectivity index (χ2v) is 5.85. The first-order valence-corrected chi connectivity index (χ1v) is 8.07. The smallest absolute Gasteiger partial charge is 0.226 e. The molecule has 2 atom stereocenters. The van der Waals surface area contributed by atoms with Crippen molar-refractivity contribution >= 4 is 5.91 Å². The van der Waals surface area contributed by atoms with Crippen LogP contribution in [0.25, 0.3) is 0 Å². The number of ether oxygens (including phenoxy) is 2. The predicted molar refractivity (Wildman–Crippen MR) is 84.9 cm³/mol. The molecule has 0 spiro atoms. The number of rotatable bonds is 7. The Kier molecular flexibility index (Phi) is 6.65. The fourth-order valence-electron chi connectivity index (χ4n) is 2.89. The minimum atomic E-state index is -0.0581. The fourth-order valence-corrected chi connectivity index (χ4v) is 2.89. The van der Waals surface area contributed by atoms with Crippen LogP contribution in [0.3, 0.4) is 0 Å². The van der Waals surface area contributed by atoms with E-state index in [0.29, 0.717) is 36.6 Å². The summed E-state index contributed by atoms with van der Waals surface area (Å²) in [6.45, 7) is 3.35. The highest BCUT2D eigenvalue weighted by molar-refractivity contribution is 5.78. The molecule has 1 amide bonds. The normalized spacial score (nSPS) is 21.4. The van der Waals surface area contributed by atoms with E-state index in [9.17, 15) is 4.79 Å². The molecule has 2 rings (SSSR count). The van der Waals surface area contributed by atoms with Crippen molar-refractivity contribution < 1.29 is 14.3 Å². The Bertz CT molecular complexity index is 479. The van der Waals surface area contributed by atoms with Crippen molar-refractivity contribution in [3.05, 3.63) is 24.0 Å². The molecule has 1 aromatic heterocycles. The molecule has 5 nitrogen and oxygen atoms in total. The number of hydrogen-bond donors (Lipinski definition) is 1. The lowest BCUT2D eigenvalue weighted by Gasteiger charge is -2.28. The Morgan fingerprint density at radius 3 is 3.00 bits per heavy atom. The fraction of sp³-hybridized carbons (Fsp3) is 0.647. The first kappa shape index (κ1) is 16.7. The van der Waals surface area contributed by atoms with E-state index in [2.05, 4.69) is 17.2 Å². The van der Waals surface area contributed by atoms with Crippen LogP contribution in [0.4, 0.5) is 0 Å². The van der Waals surface area contributed by atoms with Gasteiger partial charge >= 0.3 is 0 Å². The largest absolute Gasteiger partial charge is 0.495 e. The number of amides is 1. The van der Waals surface area contributed by atoms with Gasteiger partial charge in [0.2, 0.25) is 5.91 Å². The molecule has 5 heteroatoms. The van der Waals surface area contributed by atoms with E-state index in [-0.39, 0.29) is 12.3 Å². The molecule has 1 heterocycles. The van der Waals surface area contributed by atoms with E-state index in [1.54, 1.807) is 19.4 Å². The molecule has 1 saturated carbocycles. The third-order valence-corrected chi connectivity index (χ3v) is 4.19. The highest BCUT2D eigenvalue weighted by atomic mass is 16.5. The summed E-state index contributed by atoms with van der Waals surface area (Å²) < 4.78 is 11.1. The highest BCUT2D eigenvalue weighted by Gasteiger charge is 2.21. The highest BCUT2D eigenvalue weighted by Crippen LogP contribution is 2.25. The Hall–Kier alpha value is -1.62. The second kappa shape index (κ2) is 8.73. The Labute approximate surface area is 132 Å². The minimum Gasteiger partial charge on any atom is -0.495 e. The number of carbonyl (C=O) groups is 1. The molecule has 0 aromatic carbocycles. The molecule has 1 fully saturated rings. The summed E-state index contributed by atoms with van der Waals surface area (Å²) in [5, 5.41) is 2.88. The number of pyridine rings is 1. The number of nitrogens with zero attached hydrogens (tertiary/aromatic N) is 1. The Morgan fingerprint density at radius 2 is 2.23 bits per heavy atom. The lowest BCUT2D eigenvalue weighted by molar-refractivity contribution is -0.121. The molecule has 1 N–H and O–H groups in total. The summed E-state index contributed by atoms with van der Waals surface area (Å²) >= 11 is 0. The van der Waals surface area contributed by atoms with Crippen molar-refractivity contribution in [3.63, 3.8) is 0 Å². The first-order valence-electron chi connectivity index (χ1n) is 8.07. The molecular weight excluding hydrogens is 280 g/mol. The van der Waals surface area contributed by atoms with Crippen molar-refractivity contribution in [2.75, 3.05) is 20.3 Å². The number of carbonyl (C=O) groups excluding carboxylic acids is 1. The van der Waals surface area contributed by atoms with Gasteiger partial charge in [0.05, 0.1) is 31.9 Å². The Morgan fingerprint density at radius 1 is 1.41 bits per heavy atom. The van der Waals surface area contributed by atoms with Crippen LogP contribution in [0.1, 0.15) is 38.3 Å². The van der Waals surface area contributed by atoms with Crippen molar-refractivity contribution in [2.45, 2.75) is 45.1 Å². The van der Waals surface area contributed by atoms with Crippen molar-refractivity contribution in [3.8, 4) is 5.75 Å². The summed E-state index contributed by atoms with van der Waals surface area (Å²) in [6.07, 6.45) is 7.19. The van der Waals surface area contributed by atoms with E-state index in [4.69, 9.17) is 9.47 Å². The van der Waals surface area contributed by atoms with Gasteiger partial charge in [-0.05, 0) is 30.9 Å². The average Bonchev–Trinajstić information content (AvgIpc) is 2.53. The van der Waals surface area contributed by atoms with Crippen LogP contribution >= 0.6 is 0 Å². The molecule has 22 heavy (non-hydrogen) atoms. The molecular formula is C17H26N2O3. The van der Waals surface area contributed by atoms with Gasteiger partial charge in [-0.15, -0.1) is 0 Å².